The Morgan fingerprint density at radius 3 is 3.05 bits per heavy atom. The number of nitrogens with one attached hydrogen (secondary N) is 1. The predicted octanol–water partition coefficient (Wildman–Crippen LogP) is 0.621. The van der Waals surface area contributed by atoms with Crippen molar-refractivity contribution in [3.63, 3.8) is 0 Å². The molecule has 0 spiro atoms. The molecule has 1 aromatic rings. The van der Waals surface area contributed by atoms with Gasteiger partial charge in [-0.2, -0.15) is 0 Å². The smallest absolute Gasteiger partial charge is 0.238 e. The van der Waals surface area contributed by atoms with Gasteiger partial charge in [0, 0.05) is 13.1 Å². The summed E-state index contributed by atoms with van der Waals surface area (Å²) < 4.78 is 10.6. The zero-order chi connectivity index (χ0) is 15.2. The predicted molar refractivity (Wildman–Crippen MR) is 84.6 cm³/mol. The normalized spacial score (nSPS) is 19.0. The topological polar surface area (TPSA) is 76.8 Å². The second-order valence-corrected chi connectivity index (χ2v) is 5.22. The van der Waals surface area contributed by atoms with Gasteiger partial charge in [-0.25, -0.2) is 0 Å². The van der Waals surface area contributed by atoms with Crippen molar-refractivity contribution in [3.05, 3.63) is 24.3 Å². The average Bonchev–Trinajstić information content (AvgIpc) is 2.48. The van der Waals surface area contributed by atoms with Gasteiger partial charge in [0.1, 0.15) is 16.8 Å². The van der Waals surface area contributed by atoms with Crippen LogP contribution in [0.15, 0.2) is 24.3 Å². The maximum Gasteiger partial charge on any atom is 0.238 e. The minimum Gasteiger partial charge on any atom is -0.495 e. The lowest BCUT2D eigenvalue weighted by Gasteiger charge is -2.31. The summed E-state index contributed by atoms with van der Waals surface area (Å²) in [6.07, 6.45) is -0.284. The minimum atomic E-state index is -0.284. The number of thiocarbonyl (C=S) groups is 1. The number of nitrogens with zero attached hydrogens (tertiary/aromatic N) is 1. The Labute approximate surface area is 129 Å². The summed E-state index contributed by atoms with van der Waals surface area (Å²) in [5.74, 6) is 0.525. The third-order valence-electron chi connectivity index (χ3n) is 3.22. The van der Waals surface area contributed by atoms with Gasteiger partial charge >= 0.3 is 0 Å². The van der Waals surface area contributed by atoms with Crippen molar-refractivity contribution in [2.45, 2.75) is 6.10 Å². The Morgan fingerprint density at radius 2 is 2.33 bits per heavy atom. The van der Waals surface area contributed by atoms with Crippen LogP contribution >= 0.6 is 12.2 Å². The lowest BCUT2D eigenvalue weighted by molar-refractivity contribution is -0.118. The second kappa shape index (κ2) is 7.35. The fraction of sp³-hybridized carbons (Fsp3) is 0.429. The van der Waals surface area contributed by atoms with Crippen molar-refractivity contribution in [1.29, 1.82) is 0 Å². The molecule has 0 radical (unpaired) electrons. The SMILES string of the molecule is COc1ccccc1NC(=O)CN1CCOC(C(N)=S)C1. The van der Waals surface area contributed by atoms with E-state index in [1.807, 2.05) is 17.0 Å². The van der Waals surface area contributed by atoms with Crippen LogP contribution in [0.2, 0.25) is 0 Å². The molecule has 1 aromatic carbocycles. The molecule has 1 aliphatic heterocycles. The van der Waals surface area contributed by atoms with Crippen LogP contribution in [-0.2, 0) is 9.53 Å². The molecule has 1 atom stereocenters. The van der Waals surface area contributed by atoms with Gasteiger partial charge in [-0.3, -0.25) is 9.69 Å². The van der Waals surface area contributed by atoms with Crippen LogP contribution in [0, 0.1) is 0 Å². The number of hydrogen-bond donors (Lipinski definition) is 2. The van der Waals surface area contributed by atoms with Crippen molar-refractivity contribution in [3.8, 4) is 5.75 Å². The van der Waals surface area contributed by atoms with Crippen molar-refractivity contribution in [2.75, 3.05) is 38.7 Å². The number of amides is 1. The zero-order valence-electron chi connectivity index (χ0n) is 11.9. The van der Waals surface area contributed by atoms with E-state index in [0.29, 0.717) is 36.1 Å². The number of para-hydroxylation sites is 2. The van der Waals surface area contributed by atoms with Crippen LogP contribution in [0.3, 0.4) is 0 Å². The van der Waals surface area contributed by atoms with Gasteiger partial charge in [0.15, 0.2) is 0 Å². The molecule has 7 heteroatoms. The standard InChI is InChI=1S/C14H19N3O3S/c1-19-11-5-3-2-4-10(11)16-13(18)9-17-6-7-20-12(8-17)14(15)21/h2-5,12H,6-9H2,1H3,(H2,15,21)(H,16,18). The summed E-state index contributed by atoms with van der Waals surface area (Å²) in [6, 6.07) is 7.29. The first kappa shape index (κ1) is 15.7. The first-order chi connectivity index (χ1) is 10.1. The summed E-state index contributed by atoms with van der Waals surface area (Å²) >= 11 is 4.93. The lowest BCUT2D eigenvalue weighted by Crippen LogP contribution is -2.49. The molecular weight excluding hydrogens is 290 g/mol. The van der Waals surface area contributed by atoms with E-state index in [9.17, 15) is 4.79 Å². The van der Waals surface area contributed by atoms with Crippen LogP contribution in [0.4, 0.5) is 5.69 Å². The highest BCUT2D eigenvalue weighted by molar-refractivity contribution is 7.80. The Hall–Kier alpha value is -1.70. The number of benzene rings is 1. The lowest BCUT2D eigenvalue weighted by atomic mass is 10.2. The largest absolute Gasteiger partial charge is 0.495 e. The maximum absolute atomic E-state index is 12.1. The van der Waals surface area contributed by atoms with E-state index in [2.05, 4.69) is 5.32 Å². The number of carbonyl (C=O) groups excluding carboxylic acids is 1. The molecule has 1 amide bonds. The quantitative estimate of drug-likeness (QED) is 0.777. The second-order valence-electron chi connectivity index (χ2n) is 4.75. The number of anilines is 1. The van der Waals surface area contributed by atoms with Gasteiger partial charge in [-0.05, 0) is 12.1 Å². The van der Waals surface area contributed by atoms with E-state index >= 15 is 0 Å². The average molecular weight is 309 g/mol. The van der Waals surface area contributed by atoms with E-state index in [1.165, 1.54) is 0 Å². The Morgan fingerprint density at radius 1 is 1.57 bits per heavy atom. The van der Waals surface area contributed by atoms with Crippen LogP contribution in [0.1, 0.15) is 0 Å². The maximum atomic E-state index is 12.1. The van der Waals surface area contributed by atoms with Gasteiger partial charge in [0.05, 0.1) is 25.9 Å². The molecule has 1 unspecified atom stereocenters. The van der Waals surface area contributed by atoms with E-state index in [1.54, 1.807) is 19.2 Å². The van der Waals surface area contributed by atoms with E-state index in [4.69, 9.17) is 27.4 Å². The molecule has 0 aliphatic carbocycles. The summed E-state index contributed by atoms with van der Waals surface area (Å²) in [5.41, 5.74) is 6.24. The third-order valence-corrected chi connectivity index (χ3v) is 3.48. The number of carbonyl (C=O) groups is 1. The molecule has 1 heterocycles. The summed E-state index contributed by atoms with van der Waals surface area (Å²) in [7, 11) is 1.57. The van der Waals surface area contributed by atoms with Gasteiger partial charge in [0.2, 0.25) is 5.91 Å². The number of morpholine rings is 1. The monoisotopic (exact) mass is 309 g/mol. The van der Waals surface area contributed by atoms with Gasteiger partial charge in [-0.1, -0.05) is 24.4 Å². The van der Waals surface area contributed by atoms with Crippen molar-refractivity contribution >= 4 is 28.8 Å². The number of methoxy groups -OCH3 is 1. The summed E-state index contributed by atoms with van der Waals surface area (Å²) in [6.45, 7) is 2.00. The molecule has 0 bridgehead atoms. The molecule has 2 rings (SSSR count). The third kappa shape index (κ3) is 4.38. The fourth-order valence-corrected chi connectivity index (χ4v) is 2.30. The number of nitrogens with two attached hydrogens (primary N) is 1. The molecule has 6 nitrogen and oxygen atoms in total. The first-order valence-electron chi connectivity index (χ1n) is 6.66. The minimum absolute atomic E-state index is 0.108. The number of rotatable bonds is 5. The molecule has 1 aliphatic rings. The highest BCUT2D eigenvalue weighted by atomic mass is 32.1. The molecule has 3 N–H and O–H groups in total. The number of hydrogen-bond acceptors (Lipinski definition) is 5. The Bertz CT molecular complexity index is 524. The first-order valence-corrected chi connectivity index (χ1v) is 7.07. The van der Waals surface area contributed by atoms with Gasteiger partial charge in [0.25, 0.3) is 0 Å². The van der Waals surface area contributed by atoms with Crippen molar-refractivity contribution in [2.24, 2.45) is 5.73 Å². The Balaban J connectivity index is 1.91. The highest BCUT2D eigenvalue weighted by Gasteiger charge is 2.24. The van der Waals surface area contributed by atoms with E-state index in [0.717, 1.165) is 0 Å². The molecule has 0 saturated carbocycles. The molecule has 21 heavy (non-hydrogen) atoms. The van der Waals surface area contributed by atoms with Crippen LogP contribution < -0.4 is 15.8 Å². The highest BCUT2D eigenvalue weighted by Crippen LogP contribution is 2.22. The number of ether oxygens (including phenoxy) is 2. The van der Waals surface area contributed by atoms with Crippen LogP contribution in [0.5, 0.6) is 5.75 Å². The molecule has 0 aromatic heterocycles. The van der Waals surface area contributed by atoms with Gasteiger partial charge < -0.3 is 20.5 Å². The molecular formula is C14H19N3O3S. The summed E-state index contributed by atoms with van der Waals surface area (Å²) in [4.78, 5) is 14.4. The van der Waals surface area contributed by atoms with Crippen molar-refractivity contribution < 1.29 is 14.3 Å². The van der Waals surface area contributed by atoms with Crippen molar-refractivity contribution in [1.82, 2.24) is 4.90 Å². The van der Waals surface area contributed by atoms with Crippen LogP contribution in [-0.4, -0.2) is 55.3 Å². The Kier molecular flexibility index (Phi) is 5.49. The summed E-state index contributed by atoms with van der Waals surface area (Å²) in [5, 5.41) is 2.84. The van der Waals surface area contributed by atoms with Crippen LogP contribution in [0.25, 0.3) is 0 Å². The fourth-order valence-electron chi connectivity index (χ4n) is 2.16. The van der Waals surface area contributed by atoms with Gasteiger partial charge in [-0.15, -0.1) is 0 Å². The van der Waals surface area contributed by atoms with E-state index < -0.39 is 0 Å². The molecule has 1 fully saturated rings. The van der Waals surface area contributed by atoms with E-state index in [-0.39, 0.29) is 18.6 Å². The zero-order valence-corrected chi connectivity index (χ0v) is 12.7. The molecule has 114 valence electrons. The molecule has 1 saturated heterocycles.